The number of aryl methyl sites for hydroxylation is 2. The van der Waals surface area contributed by atoms with Crippen LogP contribution in [0.15, 0.2) is 18.7 Å². The highest BCUT2D eigenvalue weighted by Gasteiger charge is 2.26. The van der Waals surface area contributed by atoms with Crippen LogP contribution in [-0.4, -0.2) is 28.8 Å². The van der Waals surface area contributed by atoms with Crippen LogP contribution in [0.1, 0.15) is 40.3 Å². The molecule has 0 aromatic heterocycles. The van der Waals surface area contributed by atoms with Gasteiger partial charge in [-0.25, -0.2) is 0 Å². The molecule has 3 N–H and O–H groups in total. The zero-order chi connectivity index (χ0) is 16.2. The van der Waals surface area contributed by atoms with Gasteiger partial charge in [0.25, 0.3) is 0 Å². The smallest absolute Gasteiger partial charge is 0.305 e. The van der Waals surface area contributed by atoms with Gasteiger partial charge in [-0.1, -0.05) is 12.1 Å². The normalized spacial score (nSPS) is 13.8. The van der Waals surface area contributed by atoms with Crippen molar-refractivity contribution in [1.82, 2.24) is 5.32 Å². The molecule has 0 spiro atoms. The SMILES string of the molecule is C=CCNC(CC(=O)O)C(O)c1c(C)c(C)cc(C)c1C. The summed E-state index contributed by atoms with van der Waals surface area (Å²) < 4.78 is 0. The molecule has 1 rings (SSSR count). The van der Waals surface area contributed by atoms with Crippen molar-refractivity contribution in [3.05, 3.63) is 46.5 Å². The largest absolute Gasteiger partial charge is 0.481 e. The van der Waals surface area contributed by atoms with Crippen molar-refractivity contribution in [2.24, 2.45) is 0 Å². The fourth-order valence-electron chi connectivity index (χ4n) is 2.61. The molecule has 1 aromatic rings. The van der Waals surface area contributed by atoms with Gasteiger partial charge in [-0.3, -0.25) is 4.79 Å². The van der Waals surface area contributed by atoms with Gasteiger partial charge in [0.05, 0.1) is 12.5 Å². The second kappa shape index (κ2) is 7.38. The maximum atomic E-state index is 11.0. The van der Waals surface area contributed by atoms with Crippen molar-refractivity contribution < 1.29 is 15.0 Å². The highest BCUT2D eigenvalue weighted by atomic mass is 16.4. The Morgan fingerprint density at radius 3 is 2.24 bits per heavy atom. The van der Waals surface area contributed by atoms with E-state index in [1.165, 1.54) is 0 Å². The monoisotopic (exact) mass is 291 g/mol. The van der Waals surface area contributed by atoms with E-state index in [1.807, 2.05) is 27.7 Å². The molecule has 0 fully saturated rings. The first-order valence-electron chi connectivity index (χ1n) is 7.11. The topological polar surface area (TPSA) is 69.6 Å². The number of benzene rings is 1. The Labute approximate surface area is 126 Å². The summed E-state index contributed by atoms with van der Waals surface area (Å²) in [6.07, 6.45) is 0.656. The molecule has 0 amide bonds. The van der Waals surface area contributed by atoms with Crippen molar-refractivity contribution in [3.63, 3.8) is 0 Å². The van der Waals surface area contributed by atoms with Gasteiger partial charge in [0.1, 0.15) is 0 Å². The zero-order valence-corrected chi connectivity index (χ0v) is 13.2. The minimum absolute atomic E-state index is 0.138. The molecule has 21 heavy (non-hydrogen) atoms. The van der Waals surface area contributed by atoms with Gasteiger partial charge in [-0.05, 0) is 55.5 Å². The van der Waals surface area contributed by atoms with E-state index in [0.29, 0.717) is 6.54 Å². The molecule has 2 unspecified atom stereocenters. The molecule has 2 atom stereocenters. The van der Waals surface area contributed by atoms with Gasteiger partial charge < -0.3 is 15.5 Å². The summed E-state index contributed by atoms with van der Waals surface area (Å²) in [4.78, 5) is 11.0. The lowest BCUT2D eigenvalue weighted by Gasteiger charge is -2.27. The van der Waals surface area contributed by atoms with E-state index in [1.54, 1.807) is 6.08 Å². The maximum Gasteiger partial charge on any atom is 0.305 e. The van der Waals surface area contributed by atoms with Gasteiger partial charge in [-0.2, -0.15) is 0 Å². The molecule has 0 aliphatic heterocycles. The number of hydrogen-bond donors (Lipinski definition) is 3. The highest BCUT2D eigenvalue weighted by molar-refractivity contribution is 5.67. The lowest BCUT2D eigenvalue weighted by Crippen LogP contribution is -2.37. The van der Waals surface area contributed by atoms with Crippen LogP contribution in [-0.2, 0) is 4.79 Å². The molecule has 4 heteroatoms. The van der Waals surface area contributed by atoms with Gasteiger partial charge in [0, 0.05) is 12.6 Å². The highest BCUT2D eigenvalue weighted by Crippen LogP contribution is 2.30. The molecule has 116 valence electrons. The van der Waals surface area contributed by atoms with Crippen LogP contribution in [0.25, 0.3) is 0 Å². The molecule has 1 aromatic carbocycles. The Morgan fingerprint density at radius 1 is 1.29 bits per heavy atom. The van der Waals surface area contributed by atoms with Crippen LogP contribution in [0.5, 0.6) is 0 Å². The molecule has 0 saturated carbocycles. The molecule has 0 radical (unpaired) electrons. The Kier molecular flexibility index (Phi) is 6.12. The molecular weight excluding hydrogens is 266 g/mol. The van der Waals surface area contributed by atoms with Crippen LogP contribution in [0.2, 0.25) is 0 Å². The van der Waals surface area contributed by atoms with Crippen LogP contribution in [0.4, 0.5) is 0 Å². The van der Waals surface area contributed by atoms with E-state index in [9.17, 15) is 9.90 Å². The van der Waals surface area contributed by atoms with Crippen molar-refractivity contribution in [2.75, 3.05) is 6.54 Å². The van der Waals surface area contributed by atoms with Crippen molar-refractivity contribution in [2.45, 2.75) is 46.3 Å². The Bertz CT molecular complexity index is 511. The number of aliphatic carboxylic acids is 1. The maximum absolute atomic E-state index is 11.0. The standard InChI is InChI=1S/C17H25NO3/c1-6-7-18-14(9-15(19)20)17(21)16-12(4)10(2)8-11(3)13(16)5/h6,8,14,17-18,21H,1,7,9H2,2-5H3,(H,19,20). The van der Waals surface area contributed by atoms with Gasteiger partial charge >= 0.3 is 5.97 Å². The number of carboxylic acid groups (broad SMARTS) is 1. The summed E-state index contributed by atoms with van der Waals surface area (Å²) in [5.74, 6) is -0.935. The predicted octanol–water partition coefficient (Wildman–Crippen LogP) is 2.57. The van der Waals surface area contributed by atoms with E-state index in [4.69, 9.17) is 5.11 Å². The summed E-state index contributed by atoms with van der Waals surface area (Å²) in [5.41, 5.74) is 5.06. The number of carbonyl (C=O) groups is 1. The van der Waals surface area contributed by atoms with Crippen molar-refractivity contribution >= 4 is 5.97 Å². The second-order valence-electron chi connectivity index (χ2n) is 5.52. The van der Waals surface area contributed by atoms with Crippen LogP contribution in [0.3, 0.4) is 0 Å². The van der Waals surface area contributed by atoms with Gasteiger partial charge in [0.2, 0.25) is 0 Å². The fraction of sp³-hybridized carbons (Fsp3) is 0.471. The number of carboxylic acids is 1. The number of aliphatic hydroxyl groups excluding tert-OH is 1. The summed E-state index contributed by atoms with van der Waals surface area (Å²) in [5, 5.41) is 22.8. The van der Waals surface area contributed by atoms with E-state index in [2.05, 4.69) is 18.0 Å². The lowest BCUT2D eigenvalue weighted by atomic mass is 9.87. The third kappa shape index (κ3) is 4.16. The molecule has 0 bridgehead atoms. The molecular formula is C17H25NO3. The molecule has 0 aliphatic rings. The quantitative estimate of drug-likeness (QED) is 0.675. The third-order valence-electron chi connectivity index (χ3n) is 4.02. The Hall–Kier alpha value is -1.65. The van der Waals surface area contributed by atoms with Gasteiger partial charge in [0.15, 0.2) is 0 Å². The van der Waals surface area contributed by atoms with E-state index in [0.717, 1.165) is 27.8 Å². The molecule has 0 aliphatic carbocycles. The van der Waals surface area contributed by atoms with Crippen LogP contribution < -0.4 is 5.32 Å². The lowest BCUT2D eigenvalue weighted by molar-refractivity contribution is -0.138. The number of rotatable bonds is 7. The fourth-order valence-corrected chi connectivity index (χ4v) is 2.61. The van der Waals surface area contributed by atoms with Crippen molar-refractivity contribution in [3.8, 4) is 0 Å². The van der Waals surface area contributed by atoms with E-state index >= 15 is 0 Å². The van der Waals surface area contributed by atoms with Crippen molar-refractivity contribution in [1.29, 1.82) is 0 Å². The summed E-state index contributed by atoms with van der Waals surface area (Å²) in [7, 11) is 0. The number of aliphatic hydroxyl groups is 1. The average molecular weight is 291 g/mol. The average Bonchev–Trinajstić information content (AvgIpc) is 2.41. The molecule has 0 saturated heterocycles. The summed E-state index contributed by atoms with van der Waals surface area (Å²) >= 11 is 0. The molecule has 0 heterocycles. The van der Waals surface area contributed by atoms with Gasteiger partial charge in [-0.15, -0.1) is 6.58 Å². The summed E-state index contributed by atoms with van der Waals surface area (Å²) in [6.45, 7) is 12.0. The van der Waals surface area contributed by atoms with E-state index in [-0.39, 0.29) is 6.42 Å². The van der Waals surface area contributed by atoms with Crippen LogP contribution >= 0.6 is 0 Å². The predicted molar refractivity (Wildman–Crippen MR) is 84.6 cm³/mol. The molecule has 4 nitrogen and oxygen atoms in total. The first-order valence-corrected chi connectivity index (χ1v) is 7.11. The first kappa shape index (κ1) is 17.4. The van der Waals surface area contributed by atoms with Crippen LogP contribution in [0, 0.1) is 27.7 Å². The Balaban J connectivity index is 3.21. The zero-order valence-electron chi connectivity index (χ0n) is 13.2. The minimum atomic E-state index is -0.935. The Morgan fingerprint density at radius 2 is 1.81 bits per heavy atom. The second-order valence-corrected chi connectivity index (χ2v) is 5.52. The van der Waals surface area contributed by atoms with E-state index < -0.39 is 18.1 Å². The summed E-state index contributed by atoms with van der Waals surface area (Å²) in [6, 6.07) is 1.55. The number of nitrogens with one attached hydrogen (secondary N) is 1. The number of hydrogen-bond acceptors (Lipinski definition) is 3. The minimum Gasteiger partial charge on any atom is -0.481 e. The first-order chi connectivity index (χ1) is 9.79. The third-order valence-corrected chi connectivity index (χ3v) is 4.02.